The summed E-state index contributed by atoms with van der Waals surface area (Å²) in [5.74, 6) is 2.26. The summed E-state index contributed by atoms with van der Waals surface area (Å²) in [5.41, 5.74) is 5.52. The molecule has 1 aromatic heterocycles. The van der Waals surface area contributed by atoms with Gasteiger partial charge in [0.2, 0.25) is 23.7 Å². The molecule has 0 aromatic carbocycles. The lowest BCUT2D eigenvalue weighted by atomic mass is 10.0. The number of nitrogens with zero attached hydrogens (tertiary/aromatic N) is 4. The zero-order valence-electron chi connectivity index (χ0n) is 14.4. The molecule has 3 rings (SSSR count). The maximum absolute atomic E-state index is 12.8. The van der Waals surface area contributed by atoms with Gasteiger partial charge in [0.15, 0.2) is 0 Å². The number of piperidine rings is 1. The summed E-state index contributed by atoms with van der Waals surface area (Å²) in [6.07, 6.45) is 2.96. The molecule has 2 amide bonds. The summed E-state index contributed by atoms with van der Waals surface area (Å²) in [7, 11) is 0. The Morgan fingerprint density at radius 1 is 1.40 bits per heavy atom. The third-order valence-corrected chi connectivity index (χ3v) is 5.61. The number of carbonyl (C=O) groups excluding carboxylic acids is 2. The van der Waals surface area contributed by atoms with Crippen molar-refractivity contribution in [1.29, 1.82) is 0 Å². The van der Waals surface area contributed by atoms with Crippen molar-refractivity contribution in [2.45, 2.75) is 44.7 Å². The molecule has 1 aromatic rings. The smallest absolute Gasteiger partial charge is 0.246 e. The Balaban J connectivity index is 1.51. The van der Waals surface area contributed by atoms with Crippen LogP contribution in [0.2, 0.25) is 0 Å². The third kappa shape index (κ3) is 4.17. The Labute approximate surface area is 151 Å². The molecular formula is C15H25N7O2S. The lowest BCUT2D eigenvalue weighted by molar-refractivity contribution is -0.144. The minimum Gasteiger partial charge on any atom is -0.368 e. The maximum Gasteiger partial charge on any atom is 0.246 e. The van der Waals surface area contributed by atoms with Gasteiger partial charge >= 0.3 is 0 Å². The Morgan fingerprint density at radius 2 is 2.16 bits per heavy atom. The molecule has 0 saturated carbocycles. The number of anilines is 2. The van der Waals surface area contributed by atoms with E-state index in [2.05, 4.69) is 20.5 Å². The van der Waals surface area contributed by atoms with Gasteiger partial charge in [0.05, 0.1) is 5.88 Å². The van der Waals surface area contributed by atoms with E-state index in [1.807, 2.05) is 11.8 Å². The van der Waals surface area contributed by atoms with E-state index in [-0.39, 0.29) is 29.8 Å². The van der Waals surface area contributed by atoms with Gasteiger partial charge in [0.25, 0.3) is 0 Å². The van der Waals surface area contributed by atoms with Gasteiger partial charge in [-0.15, -0.1) is 16.9 Å². The van der Waals surface area contributed by atoms with Crippen molar-refractivity contribution < 1.29 is 9.59 Å². The summed E-state index contributed by atoms with van der Waals surface area (Å²) < 4.78 is 0. The number of rotatable bonds is 5. The van der Waals surface area contributed by atoms with E-state index in [1.165, 1.54) is 0 Å². The fraction of sp³-hybridized carbons (Fsp3) is 0.733. The fourth-order valence-electron chi connectivity index (χ4n) is 3.23. The second kappa shape index (κ2) is 7.94. The van der Waals surface area contributed by atoms with Crippen molar-refractivity contribution in [3.8, 4) is 0 Å². The molecule has 2 fully saturated rings. The van der Waals surface area contributed by atoms with Gasteiger partial charge in [-0.25, -0.2) is 5.10 Å². The van der Waals surface area contributed by atoms with Crippen molar-refractivity contribution in [2.24, 2.45) is 0 Å². The minimum atomic E-state index is -0.304. The van der Waals surface area contributed by atoms with Gasteiger partial charge in [-0.2, -0.15) is 4.98 Å². The lowest BCUT2D eigenvalue weighted by Crippen LogP contribution is -2.52. The van der Waals surface area contributed by atoms with Gasteiger partial charge < -0.3 is 20.9 Å². The number of nitrogen functional groups attached to an aromatic ring is 1. The van der Waals surface area contributed by atoms with Crippen molar-refractivity contribution in [3.63, 3.8) is 0 Å². The quantitative estimate of drug-likeness (QED) is 0.693. The number of hydrogen-bond donors (Lipinski definition) is 3. The molecule has 4 N–H and O–H groups in total. The largest absolute Gasteiger partial charge is 0.368 e. The molecule has 0 radical (unpaired) electrons. The number of hydrogen-bond acceptors (Lipinski definition) is 7. The van der Waals surface area contributed by atoms with Gasteiger partial charge in [-0.3, -0.25) is 9.59 Å². The highest BCUT2D eigenvalue weighted by Gasteiger charge is 2.37. The van der Waals surface area contributed by atoms with Crippen LogP contribution in [0.4, 0.5) is 11.9 Å². The molecular weight excluding hydrogens is 342 g/mol. The Kier molecular flexibility index (Phi) is 5.67. The van der Waals surface area contributed by atoms with Crippen molar-refractivity contribution in [2.75, 3.05) is 35.8 Å². The lowest BCUT2D eigenvalue weighted by Gasteiger charge is -2.35. The molecule has 0 spiro atoms. The molecule has 3 heterocycles. The van der Waals surface area contributed by atoms with Gasteiger partial charge in [-0.1, -0.05) is 6.92 Å². The number of amides is 2. The minimum absolute atomic E-state index is 0.0787. The average molecular weight is 367 g/mol. The standard InChI is InChI=1S/C15H25N7O2S/c1-2-3-12(23)22-9-25-8-11(22)13(24)21-6-4-10(5-7-21)17-15-18-14(16)19-20-15/h10-11H,2-9H2,1H3,(H4,16,17,18,19,20). The first-order valence-corrected chi connectivity index (χ1v) is 9.84. The van der Waals surface area contributed by atoms with Crippen LogP contribution in [0.3, 0.4) is 0 Å². The average Bonchev–Trinajstić information content (AvgIpc) is 3.24. The molecule has 25 heavy (non-hydrogen) atoms. The molecule has 1 unspecified atom stereocenters. The first-order chi connectivity index (χ1) is 12.1. The van der Waals surface area contributed by atoms with Crippen LogP contribution in [0.25, 0.3) is 0 Å². The molecule has 2 saturated heterocycles. The summed E-state index contributed by atoms with van der Waals surface area (Å²) in [5, 5.41) is 9.81. The summed E-state index contributed by atoms with van der Waals surface area (Å²) in [4.78, 5) is 32.7. The monoisotopic (exact) mass is 367 g/mol. The number of likely N-dealkylation sites (tertiary alicyclic amines) is 1. The summed E-state index contributed by atoms with van der Waals surface area (Å²) in [6, 6.07) is -0.0867. The Morgan fingerprint density at radius 3 is 2.80 bits per heavy atom. The first-order valence-electron chi connectivity index (χ1n) is 8.69. The predicted octanol–water partition coefficient (Wildman–Crippen LogP) is 0.491. The summed E-state index contributed by atoms with van der Waals surface area (Å²) >= 11 is 1.65. The molecule has 9 nitrogen and oxygen atoms in total. The number of nitrogens with one attached hydrogen (secondary N) is 2. The molecule has 1 atom stereocenters. The number of nitrogens with two attached hydrogens (primary N) is 1. The van der Waals surface area contributed by atoms with Crippen LogP contribution >= 0.6 is 11.8 Å². The second-order valence-electron chi connectivity index (χ2n) is 6.42. The van der Waals surface area contributed by atoms with E-state index in [4.69, 9.17) is 5.73 Å². The molecule has 138 valence electrons. The SMILES string of the molecule is CCCC(=O)N1CSCC1C(=O)N1CCC(Nc2n[nH]c(N)n2)CC1. The third-order valence-electron chi connectivity index (χ3n) is 4.59. The van der Waals surface area contributed by atoms with Crippen LogP contribution in [-0.4, -0.2) is 73.6 Å². The highest BCUT2D eigenvalue weighted by molar-refractivity contribution is 7.99. The van der Waals surface area contributed by atoms with Crippen molar-refractivity contribution >= 4 is 35.5 Å². The highest BCUT2D eigenvalue weighted by atomic mass is 32.2. The number of H-pyrrole nitrogens is 1. The van der Waals surface area contributed by atoms with Crippen LogP contribution < -0.4 is 11.1 Å². The van der Waals surface area contributed by atoms with Crippen LogP contribution in [0.5, 0.6) is 0 Å². The number of carbonyl (C=O) groups is 2. The zero-order valence-corrected chi connectivity index (χ0v) is 15.2. The zero-order chi connectivity index (χ0) is 17.8. The van der Waals surface area contributed by atoms with E-state index in [1.54, 1.807) is 16.7 Å². The predicted molar refractivity (Wildman–Crippen MR) is 96.9 cm³/mol. The van der Waals surface area contributed by atoms with Gasteiger partial charge in [-0.05, 0) is 19.3 Å². The molecule has 0 bridgehead atoms. The molecule has 10 heteroatoms. The topological polar surface area (TPSA) is 120 Å². The Bertz CT molecular complexity index is 615. The molecule has 2 aliphatic rings. The number of aromatic nitrogens is 3. The van der Waals surface area contributed by atoms with Crippen LogP contribution in [0.1, 0.15) is 32.6 Å². The van der Waals surface area contributed by atoms with E-state index in [0.717, 1.165) is 19.3 Å². The maximum atomic E-state index is 12.8. The van der Waals surface area contributed by atoms with Crippen LogP contribution in [0.15, 0.2) is 0 Å². The Hall–Kier alpha value is -1.97. The number of thioether (sulfide) groups is 1. The number of aromatic amines is 1. The second-order valence-corrected chi connectivity index (χ2v) is 7.42. The van der Waals surface area contributed by atoms with Crippen molar-refractivity contribution in [1.82, 2.24) is 25.0 Å². The molecule has 0 aliphatic carbocycles. The highest BCUT2D eigenvalue weighted by Crippen LogP contribution is 2.25. The van der Waals surface area contributed by atoms with E-state index < -0.39 is 0 Å². The van der Waals surface area contributed by atoms with Crippen LogP contribution in [-0.2, 0) is 9.59 Å². The summed E-state index contributed by atoms with van der Waals surface area (Å²) in [6.45, 7) is 3.33. The van der Waals surface area contributed by atoms with E-state index in [9.17, 15) is 9.59 Å². The van der Waals surface area contributed by atoms with Crippen molar-refractivity contribution in [3.05, 3.63) is 0 Å². The van der Waals surface area contributed by atoms with Gasteiger partial charge in [0.1, 0.15) is 6.04 Å². The van der Waals surface area contributed by atoms with E-state index >= 15 is 0 Å². The normalized spacial score (nSPS) is 21.6. The first kappa shape index (κ1) is 17.8. The molecule has 2 aliphatic heterocycles. The van der Waals surface area contributed by atoms with Gasteiger partial charge in [0, 0.05) is 31.3 Å². The fourth-order valence-corrected chi connectivity index (χ4v) is 4.40. The van der Waals surface area contributed by atoms with Crippen LogP contribution in [0, 0.1) is 0 Å². The van der Waals surface area contributed by atoms with E-state index in [0.29, 0.717) is 37.1 Å².